The van der Waals surface area contributed by atoms with Gasteiger partial charge in [0.15, 0.2) is 0 Å². The van der Waals surface area contributed by atoms with Crippen molar-refractivity contribution in [3.8, 4) is 11.4 Å². The van der Waals surface area contributed by atoms with Gasteiger partial charge in [-0.15, -0.1) is 0 Å². The number of fused-ring (bicyclic) bond motifs is 1. The number of nitrogens with zero attached hydrogens (tertiary/aromatic N) is 4. The number of imide groups is 1. The van der Waals surface area contributed by atoms with Crippen LogP contribution in [0.25, 0.3) is 11.4 Å². The van der Waals surface area contributed by atoms with Gasteiger partial charge in [-0.2, -0.15) is 4.98 Å². The van der Waals surface area contributed by atoms with Crippen molar-refractivity contribution in [1.29, 1.82) is 0 Å². The summed E-state index contributed by atoms with van der Waals surface area (Å²) in [6.07, 6.45) is 3.54. The molecule has 1 aliphatic heterocycles. The van der Waals surface area contributed by atoms with Crippen LogP contribution in [-0.2, 0) is 11.3 Å². The first-order valence-corrected chi connectivity index (χ1v) is 11.6. The molecule has 0 spiro atoms. The zero-order valence-corrected chi connectivity index (χ0v) is 19.4. The van der Waals surface area contributed by atoms with Crippen LogP contribution in [0.15, 0.2) is 47.0 Å². The van der Waals surface area contributed by atoms with Crippen molar-refractivity contribution >= 4 is 29.2 Å². The zero-order chi connectivity index (χ0) is 23.1. The first-order valence-electron chi connectivity index (χ1n) is 11.2. The SMILES string of the molecule is Cc1ccc(N2C(=O)C3CCCCC3N(Cc3nc(-c4ccc(Cl)cc4)no3)C2=O)cc1C. The van der Waals surface area contributed by atoms with Crippen LogP contribution in [0.5, 0.6) is 0 Å². The molecule has 1 saturated carbocycles. The van der Waals surface area contributed by atoms with Gasteiger partial charge >= 0.3 is 6.03 Å². The predicted octanol–water partition coefficient (Wildman–Crippen LogP) is 5.53. The molecule has 8 heteroatoms. The van der Waals surface area contributed by atoms with E-state index in [0.29, 0.717) is 22.4 Å². The van der Waals surface area contributed by atoms with Crippen LogP contribution in [0.4, 0.5) is 10.5 Å². The maximum atomic E-state index is 13.6. The Labute approximate surface area is 197 Å². The molecule has 2 fully saturated rings. The number of carbonyl (C=O) groups excluding carboxylic acids is 2. The van der Waals surface area contributed by atoms with Crippen molar-refractivity contribution in [3.05, 3.63) is 64.5 Å². The number of aromatic nitrogens is 2. The van der Waals surface area contributed by atoms with Crippen LogP contribution in [0.2, 0.25) is 5.02 Å². The van der Waals surface area contributed by atoms with Crippen LogP contribution in [0.1, 0.15) is 42.7 Å². The fourth-order valence-corrected chi connectivity index (χ4v) is 4.90. The number of aryl methyl sites for hydroxylation is 2. The van der Waals surface area contributed by atoms with Gasteiger partial charge < -0.3 is 9.42 Å². The number of hydrogen-bond acceptors (Lipinski definition) is 5. The van der Waals surface area contributed by atoms with Crippen LogP contribution in [0.3, 0.4) is 0 Å². The van der Waals surface area contributed by atoms with Gasteiger partial charge in [0, 0.05) is 16.6 Å². The summed E-state index contributed by atoms with van der Waals surface area (Å²) in [6, 6.07) is 12.4. The number of rotatable bonds is 4. The van der Waals surface area contributed by atoms with E-state index in [-0.39, 0.29) is 30.4 Å². The van der Waals surface area contributed by atoms with E-state index in [2.05, 4.69) is 10.1 Å². The molecule has 1 saturated heterocycles. The number of amides is 3. The molecule has 0 N–H and O–H groups in total. The van der Waals surface area contributed by atoms with E-state index in [1.54, 1.807) is 17.0 Å². The topological polar surface area (TPSA) is 79.5 Å². The molecule has 0 bridgehead atoms. The van der Waals surface area contributed by atoms with Gasteiger partial charge in [-0.3, -0.25) is 4.79 Å². The normalized spacial score (nSPS) is 20.8. The molecule has 3 amide bonds. The lowest BCUT2D eigenvalue weighted by Gasteiger charge is -2.46. The van der Waals surface area contributed by atoms with E-state index in [0.717, 1.165) is 42.4 Å². The highest BCUT2D eigenvalue weighted by Gasteiger charge is 2.48. The van der Waals surface area contributed by atoms with E-state index in [1.807, 2.05) is 44.2 Å². The van der Waals surface area contributed by atoms with Crippen LogP contribution in [0, 0.1) is 19.8 Å². The van der Waals surface area contributed by atoms with Crippen molar-refractivity contribution < 1.29 is 14.1 Å². The van der Waals surface area contributed by atoms with Crippen LogP contribution in [-0.4, -0.2) is 33.0 Å². The highest BCUT2D eigenvalue weighted by molar-refractivity contribution is 6.30. The lowest BCUT2D eigenvalue weighted by Crippen LogP contribution is -2.62. The minimum Gasteiger partial charge on any atom is -0.337 e. The van der Waals surface area contributed by atoms with Crippen molar-refractivity contribution in [2.75, 3.05) is 4.90 Å². The second-order valence-electron chi connectivity index (χ2n) is 8.83. The lowest BCUT2D eigenvalue weighted by molar-refractivity contribution is -0.127. The highest BCUT2D eigenvalue weighted by Crippen LogP contribution is 2.37. The molecule has 33 heavy (non-hydrogen) atoms. The van der Waals surface area contributed by atoms with Gasteiger partial charge in [0.1, 0.15) is 6.54 Å². The number of anilines is 1. The molecule has 2 atom stereocenters. The first kappa shape index (κ1) is 21.6. The molecule has 2 heterocycles. The number of hydrogen-bond donors (Lipinski definition) is 0. The summed E-state index contributed by atoms with van der Waals surface area (Å²) in [5, 5.41) is 4.70. The van der Waals surface area contributed by atoms with Crippen molar-refractivity contribution in [2.24, 2.45) is 5.92 Å². The summed E-state index contributed by atoms with van der Waals surface area (Å²) in [7, 11) is 0. The van der Waals surface area contributed by atoms with E-state index in [9.17, 15) is 9.59 Å². The minimum absolute atomic E-state index is 0.114. The van der Waals surface area contributed by atoms with Gasteiger partial charge in [0.25, 0.3) is 0 Å². The fraction of sp³-hybridized carbons (Fsp3) is 0.360. The molecule has 170 valence electrons. The molecule has 2 unspecified atom stereocenters. The third-order valence-electron chi connectivity index (χ3n) is 6.73. The summed E-state index contributed by atoms with van der Waals surface area (Å²) in [6.45, 7) is 4.15. The monoisotopic (exact) mass is 464 g/mol. The molecular formula is C25H25ClN4O3. The van der Waals surface area contributed by atoms with E-state index in [1.165, 1.54) is 4.90 Å². The number of urea groups is 1. The smallest absolute Gasteiger partial charge is 0.332 e. The van der Waals surface area contributed by atoms with Crippen molar-refractivity contribution in [2.45, 2.75) is 52.1 Å². The number of halogens is 1. The number of benzene rings is 2. The van der Waals surface area contributed by atoms with Crippen molar-refractivity contribution in [3.63, 3.8) is 0 Å². The Morgan fingerprint density at radius 3 is 2.55 bits per heavy atom. The highest BCUT2D eigenvalue weighted by atomic mass is 35.5. The quantitative estimate of drug-likeness (QED) is 0.506. The Morgan fingerprint density at radius 2 is 1.79 bits per heavy atom. The Kier molecular flexibility index (Phi) is 5.66. The summed E-state index contributed by atoms with van der Waals surface area (Å²) in [5.41, 5.74) is 3.54. The van der Waals surface area contributed by atoms with Gasteiger partial charge in [-0.1, -0.05) is 35.7 Å². The maximum Gasteiger partial charge on any atom is 0.332 e. The molecule has 1 aromatic heterocycles. The summed E-state index contributed by atoms with van der Waals surface area (Å²) in [5.74, 6) is 0.439. The average Bonchev–Trinajstić information content (AvgIpc) is 3.28. The van der Waals surface area contributed by atoms with Crippen LogP contribution < -0.4 is 4.90 Å². The Bertz CT molecular complexity index is 1210. The summed E-state index contributed by atoms with van der Waals surface area (Å²) in [4.78, 5) is 34.6. The van der Waals surface area contributed by atoms with Gasteiger partial charge in [-0.05, 0) is 74.2 Å². The second-order valence-corrected chi connectivity index (χ2v) is 9.27. The van der Waals surface area contributed by atoms with Gasteiger partial charge in [0.05, 0.1) is 11.6 Å². The summed E-state index contributed by atoms with van der Waals surface area (Å²) >= 11 is 5.97. The Hall–Kier alpha value is -3.19. The lowest BCUT2D eigenvalue weighted by atomic mass is 9.81. The molecule has 3 aromatic rings. The molecular weight excluding hydrogens is 440 g/mol. The Morgan fingerprint density at radius 1 is 1.03 bits per heavy atom. The van der Waals surface area contributed by atoms with E-state index in [4.69, 9.17) is 16.1 Å². The second kappa shape index (κ2) is 8.63. The largest absolute Gasteiger partial charge is 0.337 e. The Balaban J connectivity index is 1.46. The third kappa shape index (κ3) is 4.02. The standard InChI is InChI=1S/C25H25ClN4O3/c1-15-7-12-19(13-16(15)2)30-24(31)20-5-3-4-6-21(20)29(25(30)32)14-22-27-23(28-33-22)17-8-10-18(26)11-9-17/h7-13,20-21H,3-6,14H2,1-2H3. The number of carbonyl (C=O) groups is 2. The molecule has 1 aliphatic carbocycles. The zero-order valence-electron chi connectivity index (χ0n) is 18.6. The predicted molar refractivity (Wildman–Crippen MR) is 125 cm³/mol. The van der Waals surface area contributed by atoms with Crippen LogP contribution >= 0.6 is 11.6 Å². The fourth-order valence-electron chi connectivity index (χ4n) is 4.77. The molecule has 5 rings (SSSR count). The van der Waals surface area contributed by atoms with E-state index >= 15 is 0 Å². The average molecular weight is 465 g/mol. The minimum atomic E-state index is -0.336. The maximum absolute atomic E-state index is 13.6. The summed E-state index contributed by atoms with van der Waals surface area (Å²) < 4.78 is 5.49. The van der Waals surface area contributed by atoms with Gasteiger partial charge in [0.2, 0.25) is 17.6 Å². The third-order valence-corrected chi connectivity index (χ3v) is 6.98. The van der Waals surface area contributed by atoms with Gasteiger partial charge in [-0.25, -0.2) is 9.69 Å². The van der Waals surface area contributed by atoms with E-state index < -0.39 is 0 Å². The molecule has 2 aromatic carbocycles. The molecule has 2 aliphatic rings. The first-order chi connectivity index (χ1) is 15.9. The molecule has 7 nitrogen and oxygen atoms in total. The molecule has 0 radical (unpaired) electrons. The van der Waals surface area contributed by atoms with Crippen molar-refractivity contribution in [1.82, 2.24) is 15.0 Å².